The standard InChI is InChI=1S/C24H40N4O3.HI/c1-5-19(6-2)23(30)28-13-11-20(12-14-28)27-24(25-7-3)26-16-21(29)17-31-22-10-8-9-18(4)15-22;/h8-10,15,19-21,29H,5-7,11-14,16-17H2,1-4H3,(H2,25,26,27);1H. The van der Waals surface area contributed by atoms with Gasteiger partial charge in [-0.1, -0.05) is 26.0 Å². The maximum absolute atomic E-state index is 12.6. The number of amides is 1. The molecule has 1 amide bonds. The number of aliphatic hydroxyl groups is 1. The van der Waals surface area contributed by atoms with Gasteiger partial charge in [-0.25, -0.2) is 0 Å². The quantitative estimate of drug-likeness (QED) is 0.232. The Balaban J connectivity index is 0.00000512. The number of rotatable bonds is 10. The first-order chi connectivity index (χ1) is 15.0. The summed E-state index contributed by atoms with van der Waals surface area (Å²) in [6.45, 7) is 10.9. The van der Waals surface area contributed by atoms with Crippen molar-refractivity contribution in [2.75, 3.05) is 32.8 Å². The average Bonchev–Trinajstić information content (AvgIpc) is 2.77. The molecule has 0 bridgehead atoms. The van der Waals surface area contributed by atoms with E-state index in [2.05, 4.69) is 29.5 Å². The highest BCUT2D eigenvalue weighted by Gasteiger charge is 2.26. The van der Waals surface area contributed by atoms with Crippen LogP contribution >= 0.6 is 24.0 Å². The Hall–Kier alpha value is -1.55. The second-order valence-corrected chi connectivity index (χ2v) is 8.26. The molecule has 1 heterocycles. The molecular formula is C24H41IN4O3. The molecule has 0 aromatic heterocycles. The van der Waals surface area contributed by atoms with Crippen LogP contribution in [-0.4, -0.2) is 66.8 Å². The first-order valence-electron chi connectivity index (χ1n) is 11.7. The molecule has 0 saturated carbocycles. The maximum Gasteiger partial charge on any atom is 0.225 e. The Morgan fingerprint density at radius 2 is 1.94 bits per heavy atom. The third-order valence-electron chi connectivity index (χ3n) is 5.72. The fraction of sp³-hybridized carbons (Fsp3) is 0.667. The number of guanidine groups is 1. The van der Waals surface area contributed by atoms with Gasteiger partial charge in [0.15, 0.2) is 5.96 Å². The number of nitrogens with zero attached hydrogens (tertiary/aromatic N) is 2. The molecule has 3 N–H and O–H groups in total. The lowest BCUT2D eigenvalue weighted by molar-refractivity contribution is -0.136. The highest BCUT2D eigenvalue weighted by Crippen LogP contribution is 2.17. The molecule has 0 spiro atoms. The van der Waals surface area contributed by atoms with Gasteiger partial charge < -0.3 is 25.4 Å². The van der Waals surface area contributed by atoms with Crippen LogP contribution in [0.2, 0.25) is 0 Å². The van der Waals surface area contributed by atoms with Crippen LogP contribution in [0.3, 0.4) is 0 Å². The number of likely N-dealkylation sites (tertiary alicyclic amines) is 1. The first-order valence-corrected chi connectivity index (χ1v) is 11.7. The van der Waals surface area contributed by atoms with Crippen molar-refractivity contribution in [3.8, 4) is 5.75 Å². The fourth-order valence-electron chi connectivity index (χ4n) is 3.80. The van der Waals surface area contributed by atoms with Gasteiger partial charge in [0.2, 0.25) is 5.91 Å². The summed E-state index contributed by atoms with van der Waals surface area (Å²) in [5.41, 5.74) is 1.12. The molecule has 0 radical (unpaired) electrons. The van der Waals surface area contributed by atoms with E-state index in [1.807, 2.05) is 43.0 Å². The predicted molar refractivity (Wildman–Crippen MR) is 141 cm³/mol. The Morgan fingerprint density at radius 1 is 1.25 bits per heavy atom. The molecule has 2 rings (SSSR count). The third kappa shape index (κ3) is 9.52. The van der Waals surface area contributed by atoms with Gasteiger partial charge >= 0.3 is 0 Å². The largest absolute Gasteiger partial charge is 0.491 e. The van der Waals surface area contributed by atoms with E-state index in [1.165, 1.54) is 0 Å². The zero-order chi connectivity index (χ0) is 22.6. The number of carbonyl (C=O) groups excluding carboxylic acids is 1. The van der Waals surface area contributed by atoms with E-state index in [1.54, 1.807) is 0 Å². The van der Waals surface area contributed by atoms with Gasteiger partial charge in [-0.15, -0.1) is 24.0 Å². The number of carbonyl (C=O) groups is 1. The van der Waals surface area contributed by atoms with Gasteiger partial charge in [-0.05, 0) is 57.2 Å². The van der Waals surface area contributed by atoms with Gasteiger partial charge in [0, 0.05) is 31.6 Å². The van der Waals surface area contributed by atoms with Crippen molar-refractivity contribution < 1.29 is 14.6 Å². The number of halogens is 1. The summed E-state index contributed by atoms with van der Waals surface area (Å²) in [5.74, 6) is 1.89. The zero-order valence-corrected chi connectivity index (χ0v) is 22.3. The number of hydrogen-bond donors (Lipinski definition) is 3. The van der Waals surface area contributed by atoms with Crippen molar-refractivity contribution in [1.82, 2.24) is 15.5 Å². The van der Waals surface area contributed by atoms with Crippen LogP contribution in [0.1, 0.15) is 52.0 Å². The van der Waals surface area contributed by atoms with Crippen molar-refractivity contribution in [3.05, 3.63) is 29.8 Å². The van der Waals surface area contributed by atoms with E-state index in [0.29, 0.717) is 11.9 Å². The van der Waals surface area contributed by atoms with Gasteiger partial charge in [0.1, 0.15) is 18.5 Å². The number of aliphatic imine (C=N–C) groups is 1. The fourth-order valence-corrected chi connectivity index (χ4v) is 3.80. The molecule has 1 fully saturated rings. The molecule has 182 valence electrons. The first kappa shape index (κ1) is 28.5. The molecule has 8 heteroatoms. The van der Waals surface area contributed by atoms with Crippen molar-refractivity contribution in [2.24, 2.45) is 10.9 Å². The monoisotopic (exact) mass is 560 g/mol. The van der Waals surface area contributed by atoms with Crippen LogP contribution in [0, 0.1) is 12.8 Å². The molecule has 32 heavy (non-hydrogen) atoms. The molecular weight excluding hydrogens is 519 g/mol. The second kappa shape index (κ2) is 15.3. The lowest BCUT2D eigenvalue weighted by Gasteiger charge is -2.35. The lowest BCUT2D eigenvalue weighted by atomic mass is 9.98. The summed E-state index contributed by atoms with van der Waals surface area (Å²) >= 11 is 0. The number of hydrogen-bond acceptors (Lipinski definition) is 4. The summed E-state index contributed by atoms with van der Waals surface area (Å²) < 4.78 is 5.67. The van der Waals surface area contributed by atoms with Crippen LogP contribution in [-0.2, 0) is 4.79 Å². The summed E-state index contributed by atoms with van der Waals surface area (Å²) in [5, 5.41) is 17.0. The molecule has 1 aliphatic rings. The van der Waals surface area contributed by atoms with Gasteiger partial charge in [-0.3, -0.25) is 9.79 Å². The molecule has 1 aromatic carbocycles. The maximum atomic E-state index is 12.6. The van der Waals surface area contributed by atoms with Crippen LogP contribution in [0.25, 0.3) is 0 Å². The Bertz CT molecular complexity index is 704. The van der Waals surface area contributed by atoms with Crippen LogP contribution in [0.4, 0.5) is 0 Å². The molecule has 1 aliphatic heterocycles. The SMILES string of the molecule is CCNC(=NCC(O)COc1cccc(C)c1)NC1CCN(C(=O)C(CC)CC)CC1.I. The number of piperidine rings is 1. The Morgan fingerprint density at radius 3 is 2.53 bits per heavy atom. The lowest BCUT2D eigenvalue weighted by Crippen LogP contribution is -2.50. The Kier molecular flexibility index (Phi) is 13.6. The molecule has 1 unspecified atom stereocenters. The summed E-state index contributed by atoms with van der Waals surface area (Å²) in [7, 11) is 0. The topological polar surface area (TPSA) is 86.2 Å². The molecule has 1 atom stereocenters. The summed E-state index contributed by atoms with van der Waals surface area (Å²) in [6.07, 6.45) is 2.92. The molecule has 0 aliphatic carbocycles. The highest BCUT2D eigenvalue weighted by molar-refractivity contribution is 14.0. The number of nitrogens with one attached hydrogen (secondary N) is 2. The van der Waals surface area contributed by atoms with E-state index >= 15 is 0 Å². The smallest absolute Gasteiger partial charge is 0.225 e. The van der Waals surface area contributed by atoms with E-state index in [-0.39, 0.29) is 49.1 Å². The van der Waals surface area contributed by atoms with Gasteiger partial charge in [0.05, 0.1) is 6.54 Å². The normalized spacial score (nSPS) is 15.8. The van der Waals surface area contributed by atoms with Crippen LogP contribution in [0.15, 0.2) is 29.3 Å². The van der Waals surface area contributed by atoms with Crippen molar-refractivity contribution >= 4 is 35.8 Å². The minimum atomic E-state index is -0.685. The van der Waals surface area contributed by atoms with Crippen LogP contribution < -0.4 is 15.4 Å². The predicted octanol–water partition coefficient (Wildman–Crippen LogP) is 3.34. The molecule has 1 saturated heterocycles. The summed E-state index contributed by atoms with van der Waals surface area (Å²) in [6, 6.07) is 8.04. The van der Waals surface area contributed by atoms with E-state index in [0.717, 1.165) is 56.6 Å². The van der Waals surface area contributed by atoms with Gasteiger partial charge in [-0.2, -0.15) is 0 Å². The molecule has 1 aromatic rings. The van der Waals surface area contributed by atoms with Crippen molar-refractivity contribution in [2.45, 2.75) is 65.5 Å². The zero-order valence-electron chi connectivity index (χ0n) is 20.0. The summed E-state index contributed by atoms with van der Waals surface area (Å²) in [4.78, 5) is 19.1. The number of aryl methyl sites for hydroxylation is 1. The number of aliphatic hydroxyl groups excluding tert-OH is 1. The third-order valence-corrected chi connectivity index (χ3v) is 5.72. The number of benzene rings is 1. The highest BCUT2D eigenvalue weighted by atomic mass is 127. The van der Waals surface area contributed by atoms with E-state index in [9.17, 15) is 9.90 Å². The average molecular weight is 561 g/mol. The minimum Gasteiger partial charge on any atom is -0.491 e. The van der Waals surface area contributed by atoms with E-state index < -0.39 is 6.10 Å². The van der Waals surface area contributed by atoms with Crippen molar-refractivity contribution in [3.63, 3.8) is 0 Å². The molecule has 7 nitrogen and oxygen atoms in total. The van der Waals surface area contributed by atoms with Gasteiger partial charge in [0.25, 0.3) is 0 Å². The Labute approximate surface area is 210 Å². The number of ether oxygens (including phenoxy) is 1. The van der Waals surface area contributed by atoms with Crippen molar-refractivity contribution in [1.29, 1.82) is 0 Å². The van der Waals surface area contributed by atoms with Crippen LogP contribution in [0.5, 0.6) is 5.75 Å². The van der Waals surface area contributed by atoms with E-state index in [4.69, 9.17) is 4.74 Å². The minimum absolute atomic E-state index is 0. The second-order valence-electron chi connectivity index (χ2n) is 8.26.